The third kappa shape index (κ3) is 3.22. The minimum atomic E-state index is -3.39. The van der Waals surface area contributed by atoms with Gasteiger partial charge in [-0.1, -0.05) is 17.3 Å². The Morgan fingerprint density at radius 1 is 1.28 bits per heavy atom. The molecule has 0 spiro atoms. The van der Waals surface area contributed by atoms with Gasteiger partial charge in [0, 0.05) is 23.7 Å². The Bertz CT molecular complexity index is 872. The predicted octanol–water partition coefficient (Wildman–Crippen LogP) is 3.80. The normalized spacial score (nSPS) is 23.7. The topological polar surface area (TPSA) is 63.4 Å². The molecular weight excluding hydrogens is 343 g/mol. The molecule has 136 valence electrons. The van der Waals surface area contributed by atoms with Crippen LogP contribution in [0, 0.1) is 19.7 Å². The van der Waals surface area contributed by atoms with E-state index in [0.717, 1.165) is 12.0 Å². The van der Waals surface area contributed by atoms with Gasteiger partial charge in [-0.05, 0) is 52.2 Å². The number of hydrogen-bond acceptors (Lipinski definition) is 4. The van der Waals surface area contributed by atoms with Crippen LogP contribution in [0.4, 0.5) is 4.39 Å². The van der Waals surface area contributed by atoms with Crippen molar-refractivity contribution in [1.29, 1.82) is 0 Å². The first-order valence-electron chi connectivity index (χ1n) is 8.44. The SMILES string of the molecule is Cc1noc(C)c1-c1ccc(CN2[C@@H](C)CCC(C)S2(=O)=O)c(F)c1. The molecule has 0 aliphatic carbocycles. The van der Waals surface area contributed by atoms with Crippen LogP contribution in [0.25, 0.3) is 11.1 Å². The Morgan fingerprint density at radius 2 is 2.00 bits per heavy atom. The predicted molar refractivity (Wildman–Crippen MR) is 94.0 cm³/mol. The molecule has 1 saturated heterocycles. The van der Waals surface area contributed by atoms with Crippen molar-refractivity contribution in [3.63, 3.8) is 0 Å². The number of benzene rings is 1. The monoisotopic (exact) mass is 366 g/mol. The third-order valence-corrected chi connectivity index (χ3v) is 7.41. The maximum Gasteiger partial charge on any atom is 0.217 e. The highest BCUT2D eigenvalue weighted by molar-refractivity contribution is 7.89. The number of aryl methyl sites for hydroxylation is 2. The second kappa shape index (κ2) is 6.53. The maximum absolute atomic E-state index is 14.7. The van der Waals surface area contributed by atoms with Crippen molar-refractivity contribution in [3.05, 3.63) is 41.0 Å². The first-order chi connectivity index (χ1) is 11.7. The smallest absolute Gasteiger partial charge is 0.217 e. The fraction of sp³-hybridized carbons (Fsp3) is 0.500. The van der Waals surface area contributed by atoms with Gasteiger partial charge in [0.15, 0.2) is 0 Å². The van der Waals surface area contributed by atoms with Crippen molar-refractivity contribution < 1.29 is 17.3 Å². The molecule has 2 aromatic rings. The van der Waals surface area contributed by atoms with Crippen LogP contribution in [0.15, 0.2) is 22.7 Å². The van der Waals surface area contributed by atoms with Gasteiger partial charge in [0.05, 0.1) is 10.9 Å². The summed E-state index contributed by atoms with van der Waals surface area (Å²) in [6.07, 6.45) is 1.44. The fourth-order valence-electron chi connectivity index (χ4n) is 3.39. The lowest BCUT2D eigenvalue weighted by Gasteiger charge is -2.36. The molecule has 1 aromatic heterocycles. The summed E-state index contributed by atoms with van der Waals surface area (Å²) in [6.45, 7) is 7.23. The summed E-state index contributed by atoms with van der Waals surface area (Å²) >= 11 is 0. The molecule has 1 aliphatic heterocycles. The van der Waals surface area contributed by atoms with Gasteiger partial charge in [-0.2, -0.15) is 4.31 Å². The standard InChI is InChI=1S/C18H23FN2O3S/c1-11-5-6-12(2)25(22,23)21(11)10-16-8-7-15(9-17(16)19)18-13(3)20-24-14(18)4/h7-9,11-12H,5-6,10H2,1-4H3/t11-,12?/m0/s1. The summed E-state index contributed by atoms with van der Waals surface area (Å²) in [7, 11) is -3.39. The lowest BCUT2D eigenvalue weighted by molar-refractivity contribution is 0.281. The molecule has 25 heavy (non-hydrogen) atoms. The first kappa shape index (κ1) is 18.1. The molecule has 1 aliphatic rings. The van der Waals surface area contributed by atoms with Crippen LogP contribution < -0.4 is 0 Å². The maximum atomic E-state index is 14.7. The van der Waals surface area contributed by atoms with Gasteiger partial charge in [0.2, 0.25) is 10.0 Å². The second-order valence-electron chi connectivity index (χ2n) is 6.83. The van der Waals surface area contributed by atoms with E-state index in [1.54, 1.807) is 32.9 Å². The van der Waals surface area contributed by atoms with Gasteiger partial charge in [-0.25, -0.2) is 12.8 Å². The largest absolute Gasteiger partial charge is 0.361 e. The lowest BCUT2D eigenvalue weighted by atomic mass is 10.0. The summed E-state index contributed by atoms with van der Waals surface area (Å²) in [5, 5.41) is 3.47. The quantitative estimate of drug-likeness (QED) is 0.829. The number of halogens is 1. The number of aromatic nitrogens is 1. The zero-order valence-corrected chi connectivity index (χ0v) is 15.7. The van der Waals surface area contributed by atoms with Crippen LogP contribution in [0.5, 0.6) is 0 Å². The molecule has 0 saturated carbocycles. The zero-order valence-electron chi connectivity index (χ0n) is 14.9. The van der Waals surface area contributed by atoms with E-state index in [4.69, 9.17) is 4.52 Å². The fourth-order valence-corrected chi connectivity index (χ4v) is 5.21. The summed E-state index contributed by atoms with van der Waals surface area (Å²) in [6, 6.07) is 4.74. The average Bonchev–Trinajstić information content (AvgIpc) is 2.88. The van der Waals surface area contributed by atoms with Crippen LogP contribution in [-0.2, 0) is 16.6 Å². The molecule has 3 rings (SSSR count). The minimum absolute atomic E-state index is 0.0571. The van der Waals surface area contributed by atoms with E-state index < -0.39 is 21.1 Å². The van der Waals surface area contributed by atoms with Crippen molar-refractivity contribution >= 4 is 10.0 Å². The van der Waals surface area contributed by atoms with Gasteiger partial charge in [-0.3, -0.25) is 0 Å². The molecule has 5 nitrogen and oxygen atoms in total. The van der Waals surface area contributed by atoms with Crippen molar-refractivity contribution in [2.45, 2.75) is 58.4 Å². The highest BCUT2D eigenvalue weighted by Gasteiger charge is 2.37. The van der Waals surface area contributed by atoms with E-state index in [9.17, 15) is 12.8 Å². The van der Waals surface area contributed by atoms with Gasteiger partial charge >= 0.3 is 0 Å². The van der Waals surface area contributed by atoms with Crippen molar-refractivity contribution in [1.82, 2.24) is 9.46 Å². The van der Waals surface area contributed by atoms with Crippen molar-refractivity contribution in [2.24, 2.45) is 0 Å². The lowest BCUT2D eigenvalue weighted by Crippen LogP contribution is -2.47. The first-order valence-corrected chi connectivity index (χ1v) is 9.94. The van der Waals surface area contributed by atoms with Gasteiger partial charge in [0.25, 0.3) is 0 Å². The zero-order chi connectivity index (χ0) is 18.4. The second-order valence-corrected chi connectivity index (χ2v) is 9.14. The van der Waals surface area contributed by atoms with Crippen LogP contribution in [0.3, 0.4) is 0 Å². The number of rotatable bonds is 3. The number of sulfonamides is 1. The van der Waals surface area contributed by atoms with Gasteiger partial charge in [-0.15, -0.1) is 0 Å². The highest BCUT2D eigenvalue weighted by Crippen LogP contribution is 2.31. The molecular formula is C18H23FN2O3S. The van der Waals surface area contributed by atoms with Crippen molar-refractivity contribution in [2.75, 3.05) is 0 Å². The molecule has 0 bridgehead atoms. The third-order valence-electron chi connectivity index (χ3n) is 5.02. The van der Waals surface area contributed by atoms with E-state index in [1.807, 2.05) is 6.92 Å². The van der Waals surface area contributed by atoms with Crippen LogP contribution in [0.1, 0.15) is 43.7 Å². The van der Waals surface area contributed by atoms with Gasteiger partial charge < -0.3 is 4.52 Å². The Morgan fingerprint density at radius 3 is 2.60 bits per heavy atom. The molecule has 1 unspecified atom stereocenters. The van der Waals surface area contributed by atoms with Crippen LogP contribution in [-0.4, -0.2) is 29.2 Å². The molecule has 1 fully saturated rings. The summed E-state index contributed by atoms with van der Waals surface area (Å²) in [4.78, 5) is 0. The Balaban J connectivity index is 1.92. The average molecular weight is 366 g/mol. The van der Waals surface area contributed by atoms with E-state index in [0.29, 0.717) is 29.0 Å². The Labute approximate surface area is 147 Å². The molecule has 0 N–H and O–H groups in total. The molecule has 2 heterocycles. The molecule has 0 radical (unpaired) electrons. The highest BCUT2D eigenvalue weighted by atomic mass is 32.2. The molecule has 0 amide bonds. The Hall–Kier alpha value is -1.73. The van der Waals surface area contributed by atoms with Crippen molar-refractivity contribution in [3.8, 4) is 11.1 Å². The minimum Gasteiger partial charge on any atom is -0.361 e. The molecule has 2 atom stereocenters. The van der Waals surface area contributed by atoms with Crippen LogP contribution >= 0.6 is 0 Å². The summed E-state index contributed by atoms with van der Waals surface area (Å²) < 4.78 is 46.4. The molecule has 1 aromatic carbocycles. The summed E-state index contributed by atoms with van der Waals surface area (Å²) in [5.74, 6) is 0.212. The van der Waals surface area contributed by atoms with Gasteiger partial charge in [0.1, 0.15) is 11.6 Å². The van der Waals surface area contributed by atoms with E-state index in [-0.39, 0.29) is 12.6 Å². The number of nitrogens with zero attached hydrogens (tertiary/aromatic N) is 2. The van der Waals surface area contributed by atoms with E-state index in [2.05, 4.69) is 5.16 Å². The Kier molecular flexibility index (Phi) is 4.72. The van der Waals surface area contributed by atoms with Crippen LogP contribution in [0.2, 0.25) is 0 Å². The number of hydrogen-bond donors (Lipinski definition) is 0. The van der Waals surface area contributed by atoms with E-state index >= 15 is 0 Å². The molecule has 7 heteroatoms. The summed E-state index contributed by atoms with van der Waals surface area (Å²) in [5.41, 5.74) is 2.53. The van der Waals surface area contributed by atoms with E-state index in [1.165, 1.54) is 10.4 Å².